The summed E-state index contributed by atoms with van der Waals surface area (Å²) >= 11 is 7.17. The predicted octanol–water partition coefficient (Wildman–Crippen LogP) is 2.48. The molecule has 1 amide bonds. The van der Waals surface area contributed by atoms with Gasteiger partial charge < -0.3 is 14.4 Å². The lowest BCUT2D eigenvalue weighted by molar-refractivity contribution is -0.137. The standard InChI is InChI=1S/C16H16ClNO5S/c1-2-22-15(20)9-14-18(13(19)10-24-14)7-8-23-16(21)11-5-3-4-6-12(11)17/h3-6,9H,2,7-8,10H2,1H3/b14-9-. The minimum Gasteiger partial charge on any atom is -0.463 e. The van der Waals surface area contributed by atoms with Crippen molar-refractivity contribution in [1.29, 1.82) is 0 Å². The van der Waals surface area contributed by atoms with Crippen LogP contribution in [-0.2, 0) is 19.1 Å². The summed E-state index contributed by atoms with van der Waals surface area (Å²) < 4.78 is 9.98. The molecule has 24 heavy (non-hydrogen) atoms. The van der Waals surface area contributed by atoms with Crippen molar-refractivity contribution >= 4 is 41.2 Å². The van der Waals surface area contributed by atoms with Crippen molar-refractivity contribution in [3.63, 3.8) is 0 Å². The van der Waals surface area contributed by atoms with E-state index in [-0.39, 0.29) is 37.0 Å². The van der Waals surface area contributed by atoms with E-state index in [0.29, 0.717) is 10.1 Å². The zero-order chi connectivity index (χ0) is 17.5. The Labute approximate surface area is 148 Å². The number of benzene rings is 1. The number of hydrogen-bond donors (Lipinski definition) is 0. The molecule has 2 rings (SSSR count). The van der Waals surface area contributed by atoms with Gasteiger partial charge in [0.1, 0.15) is 6.61 Å². The number of carbonyl (C=O) groups is 3. The number of hydrogen-bond acceptors (Lipinski definition) is 6. The topological polar surface area (TPSA) is 72.9 Å². The minimum atomic E-state index is -0.559. The van der Waals surface area contributed by atoms with Crippen LogP contribution >= 0.6 is 23.4 Å². The molecule has 0 aliphatic carbocycles. The molecular formula is C16H16ClNO5S. The summed E-state index contributed by atoms with van der Waals surface area (Å²) in [5.74, 6) is -0.975. The van der Waals surface area contributed by atoms with Crippen LogP contribution in [0, 0.1) is 0 Å². The van der Waals surface area contributed by atoms with Gasteiger partial charge in [-0.25, -0.2) is 9.59 Å². The maximum Gasteiger partial charge on any atom is 0.339 e. The van der Waals surface area contributed by atoms with Crippen molar-refractivity contribution in [3.05, 3.63) is 46.0 Å². The summed E-state index contributed by atoms with van der Waals surface area (Å²) in [6.45, 7) is 2.12. The molecule has 1 aromatic rings. The molecule has 1 aliphatic heterocycles. The van der Waals surface area contributed by atoms with Crippen molar-refractivity contribution in [2.75, 3.05) is 25.5 Å². The number of ether oxygens (including phenoxy) is 2. The van der Waals surface area contributed by atoms with Gasteiger partial charge in [-0.1, -0.05) is 35.5 Å². The van der Waals surface area contributed by atoms with Crippen LogP contribution in [0.5, 0.6) is 0 Å². The van der Waals surface area contributed by atoms with Crippen LogP contribution in [-0.4, -0.2) is 48.3 Å². The fraction of sp³-hybridized carbons (Fsp3) is 0.312. The number of halogens is 1. The molecule has 1 saturated heterocycles. The Hall–Kier alpha value is -1.99. The average molecular weight is 370 g/mol. The van der Waals surface area contributed by atoms with Crippen LogP contribution in [0.2, 0.25) is 5.02 Å². The molecule has 6 nitrogen and oxygen atoms in total. The van der Waals surface area contributed by atoms with E-state index in [1.807, 2.05) is 0 Å². The lowest BCUT2D eigenvalue weighted by Gasteiger charge is -2.17. The Morgan fingerprint density at radius 2 is 2.08 bits per heavy atom. The van der Waals surface area contributed by atoms with Crippen molar-refractivity contribution in [2.45, 2.75) is 6.92 Å². The second-order valence-corrected chi connectivity index (χ2v) is 6.09. The van der Waals surface area contributed by atoms with Crippen molar-refractivity contribution in [1.82, 2.24) is 4.90 Å². The normalized spacial score (nSPS) is 15.7. The number of thioether (sulfide) groups is 1. The molecule has 0 N–H and O–H groups in total. The Morgan fingerprint density at radius 1 is 1.33 bits per heavy atom. The SMILES string of the molecule is CCOC(=O)/C=C1\SCC(=O)N1CCOC(=O)c1ccccc1Cl. The highest BCUT2D eigenvalue weighted by atomic mass is 35.5. The number of esters is 2. The monoisotopic (exact) mass is 369 g/mol. The third-order valence-corrected chi connectivity index (χ3v) is 4.44. The molecular weight excluding hydrogens is 354 g/mol. The molecule has 1 aliphatic rings. The summed E-state index contributed by atoms with van der Waals surface area (Å²) in [5.41, 5.74) is 0.267. The van der Waals surface area contributed by atoms with E-state index in [9.17, 15) is 14.4 Å². The summed E-state index contributed by atoms with van der Waals surface area (Å²) in [4.78, 5) is 36.7. The maximum absolute atomic E-state index is 12.0. The van der Waals surface area contributed by atoms with E-state index in [4.69, 9.17) is 21.1 Å². The van der Waals surface area contributed by atoms with Crippen LogP contribution in [0.4, 0.5) is 0 Å². The largest absolute Gasteiger partial charge is 0.463 e. The zero-order valence-corrected chi connectivity index (χ0v) is 14.6. The highest BCUT2D eigenvalue weighted by molar-refractivity contribution is 8.04. The predicted molar refractivity (Wildman–Crippen MR) is 90.6 cm³/mol. The Bertz CT molecular complexity index is 676. The zero-order valence-electron chi connectivity index (χ0n) is 13.0. The van der Waals surface area contributed by atoms with Crippen molar-refractivity contribution in [3.8, 4) is 0 Å². The minimum absolute atomic E-state index is 0.00345. The first-order chi connectivity index (χ1) is 11.5. The van der Waals surface area contributed by atoms with E-state index in [1.165, 1.54) is 22.7 Å². The van der Waals surface area contributed by atoms with Gasteiger partial charge >= 0.3 is 11.9 Å². The van der Waals surface area contributed by atoms with Crippen molar-refractivity contribution in [2.24, 2.45) is 0 Å². The first-order valence-corrected chi connectivity index (χ1v) is 8.62. The van der Waals surface area contributed by atoms with Gasteiger partial charge in [-0.3, -0.25) is 4.79 Å². The van der Waals surface area contributed by atoms with Crippen molar-refractivity contribution < 1.29 is 23.9 Å². The van der Waals surface area contributed by atoms with E-state index < -0.39 is 11.9 Å². The van der Waals surface area contributed by atoms with Crippen LogP contribution in [0.1, 0.15) is 17.3 Å². The van der Waals surface area contributed by atoms with Gasteiger partial charge in [0.15, 0.2) is 0 Å². The summed E-state index contributed by atoms with van der Waals surface area (Å²) in [7, 11) is 0. The highest BCUT2D eigenvalue weighted by Gasteiger charge is 2.27. The molecule has 0 spiro atoms. The highest BCUT2D eigenvalue weighted by Crippen LogP contribution is 2.28. The lowest BCUT2D eigenvalue weighted by atomic mass is 10.2. The Kier molecular flexibility index (Phi) is 6.69. The van der Waals surface area contributed by atoms with Gasteiger partial charge in [0.2, 0.25) is 5.91 Å². The molecule has 1 aromatic carbocycles. The van der Waals surface area contributed by atoms with E-state index in [1.54, 1.807) is 31.2 Å². The molecule has 0 aromatic heterocycles. The third kappa shape index (κ3) is 4.75. The number of amides is 1. The number of carbonyl (C=O) groups excluding carboxylic acids is 3. The average Bonchev–Trinajstić information content (AvgIpc) is 2.88. The molecule has 128 valence electrons. The fourth-order valence-corrected chi connectivity index (χ4v) is 3.16. The Morgan fingerprint density at radius 3 is 2.79 bits per heavy atom. The fourth-order valence-electron chi connectivity index (χ4n) is 1.99. The number of nitrogens with zero attached hydrogens (tertiary/aromatic N) is 1. The maximum atomic E-state index is 12.0. The van der Waals surface area contributed by atoms with Crippen LogP contribution in [0.25, 0.3) is 0 Å². The van der Waals surface area contributed by atoms with Gasteiger partial charge in [0, 0.05) is 0 Å². The molecule has 1 heterocycles. The lowest BCUT2D eigenvalue weighted by Crippen LogP contribution is -2.29. The summed E-state index contributed by atoms with van der Waals surface area (Å²) in [5, 5.41) is 0.797. The van der Waals surface area contributed by atoms with Gasteiger partial charge in [-0.15, -0.1) is 0 Å². The molecule has 0 unspecified atom stereocenters. The van der Waals surface area contributed by atoms with Gasteiger partial charge in [0.25, 0.3) is 0 Å². The quantitative estimate of drug-likeness (QED) is 0.566. The van der Waals surface area contributed by atoms with E-state index >= 15 is 0 Å². The summed E-state index contributed by atoms with van der Waals surface area (Å²) in [6.07, 6.45) is 1.27. The second-order valence-electron chi connectivity index (χ2n) is 4.68. The molecule has 8 heteroatoms. The van der Waals surface area contributed by atoms with E-state index in [0.717, 1.165) is 0 Å². The van der Waals surface area contributed by atoms with Crippen LogP contribution < -0.4 is 0 Å². The van der Waals surface area contributed by atoms with Gasteiger partial charge in [-0.2, -0.15) is 0 Å². The molecule has 0 radical (unpaired) electrons. The third-order valence-electron chi connectivity index (χ3n) is 3.08. The van der Waals surface area contributed by atoms with Crippen LogP contribution in [0.15, 0.2) is 35.4 Å². The van der Waals surface area contributed by atoms with E-state index in [2.05, 4.69) is 0 Å². The second kappa shape index (κ2) is 8.75. The molecule has 1 fully saturated rings. The molecule has 0 saturated carbocycles. The van der Waals surface area contributed by atoms with Crippen LogP contribution in [0.3, 0.4) is 0 Å². The smallest absolute Gasteiger partial charge is 0.339 e. The Balaban J connectivity index is 1.92. The first kappa shape index (κ1) is 18.4. The van der Waals surface area contributed by atoms with Gasteiger partial charge in [0.05, 0.1) is 40.6 Å². The van der Waals surface area contributed by atoms with Gasteiger partial charge in [-0.05, 0) is 19.1 Å². The molecule has 0 atom stereocenters. The molecule has 0 bridgehead atoms. The summed E-state index contributed by atoms with van der Waals surface area (Å²) in [6, 6.07) is 6.56. The number of rotatable bonds is 6. The first-order valence-electron chi connectivity index (χ1n) is 7.26.